The van der Waals surface area contributed by atoms with Crippen LogP contribution in [-0.4, -0.2) is 66.0 Å². The highest BCUT2D eigenvalue weighted by atomic mass is 32.2. The van der Waals surface area contributed by atoms with Crippen LogP contribution in [0.4, 0.5) is 0 Å². The molecule has 0 bridgehead atoms. The SMILES string of the molecule is Cc1cccc(-c2ccc(C3[C@@H](CO)N4C/C=C\CN(S(=O)(=O)c5cccnc5C)C[C@@H]34)cc2)c1C. The maximum Gasteiger partial charge on any atom is 0.245 e. The van der Waals surface area contributed by atoms with Crippen molar-refractivity contribution >= 4 is 10.0 Å². The van der Waals surface area contributed by atoms with Gasteiger partial charge >= 0.3 is 0 Å². The first kappa shape index (κ1) is 24.8. The molecule has 3 aromatic rings. The summed E-state index contributed by atoms with van der Waals surface area (Å²) < 4.78 is 28.7. The Morgan fingerprint density at radius 2 is 1.72 bits per heavy atom. The maximum atomic E-state index is 13.6. The third kappa shape index (κ3) is 4.30. The minimum absolute atomic E-state index is 0.0228. The van der Waals surface area contributed by atoms with Crippen molar-refractivity contribution in [3.05, 3.63) is 95.3 Å². The molecule has 5 rings (SSSR count). The van der Waals surface area contributed by atoms with Crippen molar-refractivity contribution in [1.29, 1.82) is 0 Å². The van der Waals surface area contributed by atoms with E-state index >= 15 is 0 Å². The molecule has 1 fully saturated rings. The predicted molar refractivity (Wildman–Crippen MR) is 142 cm³/mol. The van der Waals surface area contributed by atoms with Crippen molar-refractivity contribution in [1.82, 2.24) is 14.2 Å². The fourth-order valence-electron chi connectivity index (χ4n) is 5.66. The van der Waals surface area contributed by atoms with Gasteiger partial charge in [-0.1, -0.05) is 54.6 Å². The summed E-state index contributed by atoms with van der Waals surface area (Å²) in [6.45, 7) is 7.41. The molecule has 0 amide bonds. The molecule has 188 valence electrons. The highest BCUT2D eigenvalue weighted by molar-refractivity contribution is 7.89. The van der Waals surface area contributed by atoms with E-state index in [1.165, 1.54) is 16.7 Å². The lowest BCUT2D eigenvalue weighted by Crippen LogP contribution is -2.67. The summed E-state index contributed by atoms with van der Waals surface area (Å²) >= 11 is 0. The number of rotatable bonds is 5. The molecular weight excluding hydrogens is 470 g/mol. The Hall–Kier alpha value is -2.84. The quantitative estimate of drug-likeness (QED) is 0.532. The van der Waals surface area contributed by atoms with Gasteiger partial charge in [-0.25, -0.2) is 8.42 Å². The van der Waals surface area contributed by atoms with E-state index in [1.54, 1.807) is 29.6 Å². The molecule has 0 saturated carbocycles. The topological polar surface area (TPSA) is 73.7 Å². The van der Waals surface area contributed by atoms with Crippen molar-refractivity contribution < 1.29 is 13.5 Å². The van der Waals surface area contributed by atoms with Crippen LogP contribution in [0, 0.1) is 20.8 Å². The van der Waals surface area contributed by atoms with Crippen LogP contribution in [0.5, 0.6) is 0 Å². The number of aliphatic hydroxyl groups excluding tert-OH is 1. The third-order valence-electron chi connectivity index (χ3n) is 7.84. The van der Waals surface area contributed by atoms with Gasteiger partial charge < -0.3 is 5.11 Å². The number of sulfonamides is 1. The molecule has 0 aliphatic carbocycles. The minimum Gasteiger partial charge on any atom is -0.395 e. The number of pyridine rings is 1. The number of fused-ring (bicyclic) bond motifs is 1. The molecule has 1 N–H and O–H groups in total. The molecule has 3 atom stereocenters. The number of hydrogen-bond acceptors (Lipinski definition) is 5. The fraction of sp³-hybridized carbons (Fsp3) is 0.345. The van der Waals surface area contributed by atoms with Gasteiger partial charge in [0.15, 0.2) is 0 Å². The Kier molecular flexibility index (Phi) is 6.83. The van der Waals surface area contributed by atoms with Crippen LogP contribution >= 0.6 is 0 Å². The van der Waals surface area contributed by atoms with Crippen molar-refractivity contribution in [2.45, 2.75) is 43.7 Å². The van der Waals surface area contributed by atoms with E-state index in [2.05, 4.69) is 66.2 Å². The third-order valence-corrected chi connectivity index (χ3v) is 9.80. The molecule has 36 heavy (non-hydrogen) atoms. The zero-order chi connectivity index (χ0) is 25.4. The van der Waals surface area contributed by atoms with E-state index in [9.17, 15) is 13.5 Å². The van der Waals surface area contributed by atoms with Gasteiger partial charge in [-0.15, -0.1) is 0 Å². The number of nitrogens with zero attached hydrogens (tertiary/aromatic N) is 3. The highest BCUT2D eigenvalue weighted by Gasteiger charge is 2.50. The van der Waals surface area contributed by atoms with Crippen LogP contribution in [0.2, 0.25) is 0 Å². The Morgan fingerprint density at radius 1 is 0.972 bits per heavy atom. The van der Waals surface area contributed by atoms with Gasteiger partial charge in [0.1, 0.15) is 4.90 Å². The van der Waals surface area contributed by atoms with Crippen LogP contribution in [0.25, 0.3) is 11.1 Å². The molecule has 0 spiro atoms. The van der Waals surface area contributed by atoms with Gasteiger partial charge in [0.05, 0.1) is 12.3 Å². The Morgan fingerprint density at radius 3 is 2.44 bits per heavy atom. The summed E-state index contributed by atoms with van der Waals surface area (Å²) in [5, 5.41) is 10.3. The second-order valence-electron chi connectivity index (χ2n) is 9.79. The van der Waals surface area contributed by atoms with Crippen molar-refractivity contribution in [2.75, 3.05) is 26.2 Å². The largest absolute Gasteiger partial charge is 0.395 e. The summed E-state index contributed by atoms with van der Waals surface area (Å²) in [5.74, 6) is 0.0434. The monoisotopic (exact) mass is 503 g/mol. The van der Waals surface area contributed by atoms with Crippen molar-refractivity contribution in [3.63, 3.8) is 0 Å². The standard InChI is InChI=1S/C29H33N3O3S/c1-20-8-6-9-25(21(20)2)23-11-13-24(14-12-23)29-26-18-31(16-4-5-17-32(26)27(29)19-33)36(34,35)28-10-7-15-30-22(28)3/h4-15,26-27,29,33H,16-19H2,1-3H3/b5-4-/t26-,27+,29?/m0/s1. The molecular formula is C29H33N3O3S. The van der Waals surface area contributed by atoms with E-state index in [4.69, 9.17) is 0 Å². The first-order valence-electron chi connectivity index (χ1n) is 12.4. The van der Waals surface area contributed by atoms with Gasteiger partial charge in [0.2, 0.25) is 10.0 Å². The van der Waals surface area contributed by atoms with E-state index < -0.39 is 10.0 Å². The average Bonchev–Trinajstić information content (AvgIpc) is 2.85. The van der Waals surface area contributed by atoms with Gasteiger partial charge in [0, 0.05) is 43.8 Å². The lowest BCUT2D eigenvalue weighted by molar-refractivity contribution is -0.0415. The van der Waals surface area contributed by atoms with Crippen LogP contribution < -0.4 is 0 Å². The number of hydrogen-bond donors (Lipinski definition) is 1. The van der Waals surface area contributed by atoms with E-state index in [1.807, 2.05) is 12.2 Å². The van der Waals surface area contributed by atoms with E-state index in [0.717, 1.165) is 11.1 Å². The molecule has 1 saturated heterocycles. The Labute approximate surface area is 214 Å². The summed E-state index contributed by atoms with van der Waals surface area (Å²) in [6, 6.07) is 18.1. The predicted octanol–water partition coefficient (Wildman–Crippen LogP) is 4.06. The second-order valence-corrected chi connectivity index (χ2v) is 11.7. The van der Waals surface area contributed by atoms with Crippen LogP contribution in [-0.2, 0) is 10.0 Å². The smallest absolute Gasteiger partial charge is 0.245 e. The van der Waals surface area contributed by atoms with Crippen LogP contribution in [0.1, 0.15) is 28.3 Å². The zero-order valence-corrected chi connectivity index (χ0v) is 21.8. The molecule has 7 heteroatoms. The summed E-state index contributed by atoms with van der Waals surface area (Å²) in [5.41, 5.74) is 6.54. The molecule has 1 aromatic heterocycles. The Bertz CT molecular complexity index is 1390. The van der Waals surface area contributed by atoms with Gasteiger partial charge in [-0.2, -0.15) is 4.31 Å². The minimum atomic E-state index is -3.71. The average molecular weight is 504 g/mol. The van der Waals surface area contributed by atoms with E-state index in [-0.39, 0.29) is 29.5 Å². The molecule has 3 heterocycles. The van der Waals surface area contributed by atoms with Crippen LogP contribution in [0.15, 0.2) is 77.8 Å². The highest BCUT2D eigenvalue weighted by Crippen LogP contribution is 2.42. The first-order valence-corrected chi connectivity index (χ1v) is 13.9. The molecule has 2 aromatic carbocycles. The fourth-order valence-corrected chi connectivity index (χ4v) is 7.25. The molecule has 2 aliphatic heterocycles. The molecule has 6 nitrogen and oxygen atoms in total. The summed E-state index contributed by atoms with van der Waals surface area (Å²) in [4.78, 5) is 6.66. The number of benzene rings is 2. The molecule has 1 unspecified atom stereocenters. The molecule has 2 aliphatic rings. The Balaban J connectivity index is 1.45. The number of aryl methyl sites for hydroxylation is 2. The zero-order valence-electron chi connectivity index (χ0n) is 21.0. The lowest BCUT2D eigenvalue weighted by Gasteiger charge is -2.56. The summed E-state index contributed by atoms with van der Waals surface area (Å²) in [6.07, 6.45) is 5.52. The van der Waals surface area contributed by atoms with Crippen LogP contribution in [0.3, 0.4) is 0 Å². The lowest BCUT2D eigenvalue weighted by atomic mass is 9.74. The van der Waals surface area contributed by atoms with Crippen molar-refractivity contribution in [2.24, 2.45) is 0 Å². The van der Waals surface area contributed by atoms with Gasteiger partial charge in [0.25, 0.3) is 0 Å². The van der Waals surface area contributed by atoms with Gasteiger partial charge in [-0.05, 0) is 60.7 Å². The molecule has 0 radical (unpaired) electrons. The van der Waals surface area contributed by atoms with Crippen molar-refractivity contribution in [3.8, 4) is 11.1 Å². The van der Waals surface area contributed by atoms with Gasteiger partial charge in [-0.3, -0.25) is 9.88 Å². The number of aromatic nitrogens is 1. The maximum absolute atomic E-state index is 13.6. The van der Waals surface area contributed by atoms with E-state index in [0.29, 0.717) is 25.3 Å². The summed E-state index contributed by atoms with van der Waals surface area (Å²) in [7, 11) is -3.71. The normalized spacial score (nSPS) is 23.8. The number of aliphatic hydroxyl groups is 1. The second kappa shape index (κ2) is 9.90. The first-order chi connectivity index (χ1) is 17.3.